The SMILES string of the molecule is CCC1(N2CCC(n3c(=O)c(C(=O)[O-])nc4ccccc43)CC2)CCCCCCC1.CCOC(=O)c1nc2ccccc2n(C2CCN(C3(CC)CCCCCCC3)CC2)c1=O.[Na+].[Na+].[OH-]. The Morgan fingerprint density at radius 1 is 0.600 bits per heavy atom. The van der Waals surface area contributed by atoms with Crippen molar-refractivity contribution in [1.82, 2.24) is 28.9 Å². The van der Waals surface area contributed by atoms with E-state index in [4.69, 9.17) is 4.74 Å². The van der Waals surface area contributed by atoms with Crippen molar-refractivity contribution in [3.8, 4) is 0 Å². The second-order valence-electron chi connectivity index (χ2n) is 18.4. The largest absolute Gasteiger partial charge is 1.00 e. The van der Waals surface area contributed by atoms with Crippen LogP contribution in [0.25, 0.3) is 22.1 Å². The van der Waals surface area contributed by atoms with Crippen molar-refractivity contribution in [2.24, 2.45) is 0 Å². The van der Waals surface area contributed by atoms with Gasteiger partial charge in [0.15, 0.2) is 5.69 Å². The van der Waals surface area contributed by atoms with E-state index in [0.717, 1.165) is 57.4 Å². The molecule has 2 saturated heterocycles. The Hall–Kier alpha value is -2.46. The second kappa shape index (κ2) is 25.8. The molecular formula is C50H70N6Na2O7. The van der Waals surface area contributed by atoms with E-state index in [-0.39, 0.29) is 100 Å². The number of para-hydroxylation sites is 4. The van der Waals surface area contributed by atoms with Gasteiger partial charge in [-0.1, -0.05) is 102 Å². The Kier molecular flexibility index (Phi) is 21.9. The van der Waals surface area contributed by atoms with Crippen LogP contribution in [-0.4, -0.2) is 90.2 Å². The third kappa shape index (κ3) is 12.4. The maximum absolute atomic E-state index is 13.4. The molecule has 0 radical (unpaired) electrons. The fourth-order valence-electron chi connectivity index (χ4n) is 11.6. The topological polar surface area (TPSA) is 173 Å². The van der Waals surface area contributed by atoms with Crippen molar-refractivity contribution in [3.63, 3.8) is 0 Å². The average molecular weight is 913 g/mol. The molecule has 4 aromatic rings. The Labute approximate surface area is 429 Å². The number of nitrogens with zero attached hydrogens (tertiary/aromatic N) is 6. The zero-order valence-electron chi connectivity index (χ0n) is 40.0. The molecule has 2 aliphatic heterocycles. The van der Waals surface area contributed by atoms with Crippen LogP contribution in [0.2, 0.25) is 0 Å². The zero-order valence-corrected chi connectivity index (χ0v) is 44.0. The Morgan fingerprint density at radius 3 is 1.32 bits per heavy atom. The monoisotopic (exact) mass is 913 g/mol. The van der Waals surface area contributed by atoms with Crippen LogP contribution in [0.5, 0.6) is 0 Å². The standard InChI is InChI=1S/C26H37N3O3.C24H33N3O3.2Na.H2O/c1-3-26(16-10-6-5-7-11-17-26)28-18-14-20(15-19-28)29-22-13-9-8-12-21(22)27-23(24(29)30)25(31)32-4-2;1-2-24(14-8-4-3-5-9-15-24)26-16-12-18(13-17-26)27-20-11-7-6-10-19(20)25-21(22(27)28)23(29)30;;;/h8-9,12-13,20H,3-7,10-11,14-19H2,1-2H3;6-7,10-11,18H,2-5,8-9,12-17H2,1H3,(H,29,30);;;1H2/q;;2*+1;/p-2. The van der Waals surface area contributed by atoms with Gasteiger partial charge in [-0.05, 0) is 95.4 Å². The number of carbonyl (C=O) groups excluding carboxylic acids is 2. The van der Waals surface area contributed by atoms with Crippen LogP contribution in [0.3, 0.4) is 0 Å². The summed E-state index contributed by atoms with van der Waals surface area (Å²) in [6.45, 7) is 10.5. The summed E-state index contributed by atoms with van der Waals surface area (Å²) < 4.78 is 8.61. The molecule has 2 saturated carbocycles. The van der Waals surface area contributed by atoms with Crippen molar-refractivity contribution in [1.29, 1.82) is 0 Å². The van der Waals surface area contributed by atoms with E-state index < -0.39 is 23.2 Å². The Balaban J connectivity index is 0.000000272. The fourth-order valence-corrected chi connectivity index (χ4v) is 11.6. The maximum atomic E-state index is 13.4. The van der Waals surface area contributed by atoms with Gasteiger partial charge < -0.3 is 29.2 Å². The van der Waals surface area contributed by atoms with Crippen LogP contribution in [0, 0.1) is 0 Å². The Morgan fingerprint density at radius 2 is 0.954 bits per heavy atom. The molecule has 2 aromatic heterocycles. The van der Waals surface area contributed by atoms with E-state index in [1.165, 1.54) is 103 Å². The summed E-state index contributed by atoms with van der Waals surface area (Å²) in [6, 6.07) is 15.0. The van der Waals surface area contributed by atoms with Gasteiger partial charge >= 0.3 is 65.1 Å². The van der Waals surface area contributed by atoms with Gasteiger partial charge in [-0.15, -0.1) is 0 Å². The van der Waals surface area contributed by atoms with Gasteiger partial charge in [0, 0.05) is 49.3 Å². The number of benzene rings is 2. The summed E-state index contributed by atoms with van der Waals surface area (Å²) in [5, 5.41) is 11.5. The second-order valence-corrected chi connectivity index (χ2v) is 18.4. The minimum absolute atomic E-state index is 0. The van der Waals surface area contributed by atoms with E-state index in [0.29, 0.717) is 22.1 Å². The number of aromatic carboxylic acids is 1. The summed E-state index contributed by atoms with van der Waals surface area (Å²) in [5.74, 6) is -2.13. The quantitative estimate of drug-likeness (QED) is 0.178. The number of hydrogen-bond acceptors (Lipinski definition) is 11. The molecule has 0 unspecified atom stereocenters. The number of carbonyl (C=O) groups is 2. The molecule has 0 bridgehead atoms. The number of likely N-dealkylation sites (tertiary alicyclic amines) is 2. The molecular weight excluding hydrogens is 843 g/mol. The van der Waals surface area contributed by atoms with E-state index in [2.05, 4.69) is 33.6 Å². The number of aromatic nitrogens is 4. The number of ether oxygens (including phenoxy) is 1. The molecule has 4 fully saturated rings. The van der Waals surface area contributed by atoms with Crippen LogP contribution in [-0.2, 0) is 4.74 Å². The molecule has 2 aromatic carbocycles. The van der Waals surface area contributed by atoms with Crippen molar-refractivity contribution in [3.05, 3.63) is 80.6 Å². The van der Waals surface area contributed by atoms with Crippen molar-refractivity contribution >= 4 is 34.0 Å². The minimum Gasteiger partial charge on any atom is -0.870 e. The maximum Gasteiger partial charge on any atom is 1.00 e. The van der Waals surface area contributed by atoms with Gasteiger partial charge in [0.1, 0.15) is 0 Å². The molecule has 0 atom stereocenters. The summed E-state index contributed by atoms with van der Waals surface area (Å²) >= 11 is 0. The minimum atomic E-state index is -1.50. The number of carboxylic acid groups (broad SMARTS) is 1. The first kappa shape index (κ1) is 55.1. The molecule has 2 aliphatic carbocycles. The van der Waals surface area contributed by atoms with Gasteiger partial charge in [0.25, 0.3) is 11.1 Å². The van der Waals surface area contributed by atoms with E-state index >= 15 is 0 Å². The number of rotatable bonds is 9. The summed E-state index contributed by atoms with van der Waals surface area (Å²) in [6.07, 6.45) is 24.4. The normalized spacial score (nSPS) is 19.9. The number of carboxylic acids is 1. The first-order valence-electron chi connectivity index (χ1n) is 24.1. The predicted octanol–water partition coefficient (Wildman–Crippen LogP) is 2.22. The number of esters is 1. The van der Waals surface area contributed by atoms with Crippen LogP contribution >= 0.6 is 0 Å². The molecule has 65 heavy (non-hydrogen) atoms. The molecule has 0 spiro atoms. The predicted molar refractivity (Wildman–Crippen MR) is 245 cm³/mol. The van der Waals surface area contributed by atoms with Gasteiger partial charge in [-0.3, -0.25) is 19.4 Å². The van der Waals surface area contributed by atoms with Gasteiger partial charge in [0.2, 0.25) is 5.69 Å². The summed E-state index contributed by atoms with van der Waals surface area (Å²) in [5.41, 5.74) is 1.87. The zero-order chi connectivity index (χ0) is 43.7. The molecule has 1 N–H and O–H groups in total. The van der Waals surface area contributed by atoms with Gasteiger partial charge in [-0.2, -0.15) is 0 Å². The third-order valence-corrected chi connectivity index (χ3v) is 15.1. The molecule has 0 amide bonds. The molecule has 4 heterocycles. The molecule has 15 heteroatoms. The van der Waals surface area contributed by atoms with E-state index in [9.17, 15) is 24.3 Å². The van der Waals surface area contributed by atoms with E-state index in [1.54, 1.807) is 17.6 Å². The molecule has 4 aliphatic rings. The summed E-state index contributed by atoms with van der Waals surface area (Å²) in [4.78, 5) is 64.1. The molecule has 13 nitrogen and oxygen atoms in total. The van der Waals surface area contributed by atoms with Crippen molar-refractivity contribution in [2.45, 2.75) is 172 Å². The van der Waals surface area contributed by atoms with Crippen LogP contribution < -0.4 is 75.3 Å². The number of piperidine rings is 2. The molecule has 8 rings (SSSR count). The van der Waals surface area contributed by atoms with Crippen molar-refractivity contribution < 1.29 is 84.0 Å². The van der Waals surface area contributed by atoms with Crippen LogP contribution in [0.1, 0.15) is 182 Å². The first-order chi connectivity index (χ1) is 30.1. The first-order valence-corrected chi connectivity index (χ1v) is 24.1. The van der Waals surface area contributed by atoms with Crippen LogP contribution in [0.4, 0.5) is 0 Å². The van der Waals surface area contributed by atoms with Crippen molar-refractivity contribution in [2.75, 3.05) is 32.8 Å². The van der Waals surface area contributed by atoms with Gasteiger partial charge in [0.05, 0.1) is 34.6 Å². The summed E-state index contributed by atoms with van der Waals surface area (Å²) in [7, 11) is 0. The molecule has 344 valence electrons. The number of hydrogen-bond donors (Lipinski definition) is 0. The van der Waals surface area contributed by atoms with Gasteiger partial charge in [-0.25, -0.2) is 14.8 Å². The van der Waals surface area contributed by atoms with Crippen LogP contribution in [0.15, 0.2) is 58.1 Å². The Bertz CT molecular complexity index is 2270. The average Bonchev–Trinajstić information content (AvgIpc) is 3.27. The van der Waals surface area contributed by atoms with E-state index in [1.807, 2.05) is 47.0 Å². The fraction of sp³-hybridized carbons (Fsp3) is 0.640. The number of fused-ring (bicyclic) bond motifs is 2. The smallest absolute Gasteiger partial charge is 0.870 e. The third-order valence-electron chi connectivity index (χ3n) is 15.1.